The van der Waals surface area contributed by atoms with Crippen LogP contribution in [0.25, 0.3) is 5.65 Å². The zero-order chi connectivity index (χ0) is 12.4. The number of ether oxygens (including phenoxy) is 1. The predicted molar refractivity (Wildman–Crippen MR) is 65.7 cm³/mol. The van der Waals surface area contributed by atoms with E-state index in [1.54, 1.807) is 17.5 Å². The Morgan fingerprint density at radius 3 is 3.06 bits per heavy atom. The number of hydrogen-bond acceptors (Lipinski definition) is 5. The van der Waals surface area contributed by atoms with Gasteiger partial charge in [-0.1, -0.05) is 11.6 Å². The van der Waals surface area contributed by atoms with Crippen LogP contribution in [0, 0.1) is 0 Å². The normalized spacial score (nSPS) is 10.8. The van der Waals surface area contributed by atoms with E-state index in [-0.39, 0.29) is 5.15 Å². The summed E-state index contributed by atoms with van der Waals surface area (Å²) < 4.78 is 6.60. The summed E-state index contributed by atoms with van der Waals surface area (Å²) in [6, 6.07) is 0. The summed E-state index contributed by atoms with van der Waals surface area (Å²) in [4.78, 5) is 20.0. The molecule has 2 aromatic heterocycles. The standard InChI is InChI=1S/C10H10ClN3O2S/c1-3-16-10(15)6-9(17-2)13-8-7(11)12-4-5-14(6)8/h4-5H,3H2,1-2H3. The van der Waals surface area contributed by atoms with Gasteiger partial charge in [0.25, 0.3) is 0 Å². The maximum absolute atomic E-state index is 11.9. The van der Waals surface area contributed by atoms with Crippen molar-refractivity contribution in [2.75, 3.05) is 12.9 Å². The highest BCUT2D eigenvalue weighted by Crippen LogP contribution is 2.24. The molecule has 0 aliphatic heterocycles. The molecule has 0 amide bonds. The number of carbonyl (C=O) groups excluding carboxylic acids is 1. The zero-order valence-corrected chi connectivity index (χ0v) is 10.9. The Kier molecular flexibility index (Phi) is 3.54. The molecule has 0 unspecified atom stereocenters. The fourth-order valence-electron chi connectivity index (χ4n) is 1.45. The van der Waals surface area contributed by atoms with Gasteiger partial charge in [-0.15, -0.1) is 11.8 Å². The van der Waals surface area contributed by atoms with Crippen LogP contribution in [-0.2, 0) is 4.74 Å². The van der Waals surface area contributed by atoms with E-state index < -0.39 is 5.97 Å². The molecule has 0 fully saturated rings. The molecule has 7 heteroatoms. The molecule has 0 saturated heterocycles. The van der Waals surface area contributed by atoms with Gasteiger partial charge in [0.2, 0.25) is 0 Å². The summed E-state index contributed by atoms with van der Waals surface area (Å²) in [6.07, 6.45) is 5.00. The number of fused-ring (bicyclic) bond motifs is 1. The number of rotatable bonds is 3. The Balaban J connectivity index is 2.67. The molecule has 90 valence electrons. The predicted octanol–water partition coefficient (Wildman–Crippen LogP) is 2.28. The van der Waals surface area contributed by atoms with E-state index >= 15 is 0 Å². The molecule has 0 spiro atoms. The highest BCUT2D eigenvalue weighted by molar-refractivity contribution is 7.98. The van der Waals surface area contributed by atoms with Crippen molar-refractivity contribution in [2.45, 2.75) is 11.9 Å². The van der Waals surface area contributed by atoms with E-state index in [4.69, 9.17) is 16.3 Å². The second-order valence-electron chi connectivity index (χ2n) is 3.10. The number of imidazole rings is 1. The lowest BCUT2D eigenvalue weighted by atomic mass is 10.5. The van der Waals surface area contributed by atoms with Crippen LogP contribution in [0.15, 0.2) is 17.4 Å². The van der Waals surface area contributed by atoms with E-state index in [0.29, 0.717) is 23.0 Å². The van der Waals surface area contributed by atoms with Crippen LogP contribution in [0.2, 0.25) is 5.15 Å². The van der Waals surface area contributed by atoms with Gasteiger partial charge in [0.05, 0.1) is 6.61 Å². The molecule has 0 aliphatic rings. The molecular weight excluding hydrogens is 262 g/mol. The molecule has 0 bridgehead atoms. The minimum atomic E-state index is -0.411. The third kappa shape index (κ3) is 2.10. The van der Waals surface area contributed by atoms with Crippen molar-refractivity contribution in [1.29, 1.82) is 0 Å². The summed E-state index contributed by atoms with van der Waals surface area (Å²) in [7, 11) is 0. The molecule has 0 saturated carbocycles. The molecule has 0 aromatic carbocycles. The third-order valence-corrected chi connectivity index (χ3v) is 3.07. The van der Waals surface area contributed by atoms with E-state index in [2.05, 4.69) is 9.97 Å². The van der Waals surface area contributed by atoms with E-state index in [1.807, 2.05) is 6.26 Å². The monoisotopic (exact) mass is 271 g/mol. The first-order valence-electron chi connectivity index (χ1n) is 4.92. The SMILES string of the molecule is CCOC(=O)c1c(SC)nc2c(Cl)nccn12. The summed E-state index contributed by atoms with van der Waals surface area (Å²) in [5, 5.41) is 0.844. The topological polar surface area (TPSA) is 56.5 Å². The number of aromatic nitrogens is 3. The van der Waals surface area contributed by atoms with Crippen LogP contribution in [0.1, 0.15) is 17.4 Å². The molecule has 0 N–H and O–H groups in total. The van der Waals surface area contributed by atoms with Crippen molar-refractivity contribution in [1.82, 2.24) is 14.4 Å². The first-order valence-corrected chi connectivity index (χ1v) is 6.53. The molecule has 2 heterocycles. The minimum absolute atomic E-state index is 0.262. The maximum Gasteiger partial charge on any atom is 0.358 e. The van der Waals surface area contributed by atoms with Crippen molar-refractivity contribution in [3.63, 3.8) is 0 Å². The van der Waals surface area contributed by atoms with Crippen molar-refractivity contribution in [3.8, 4) is 0 Å². The molecule has 0 radical (unpaired) electrons. The quantitative estimate of drug-likeness (QED) is 0.633. The van der Waals surface area contributed by atoms with Gasteiger partial charge in [-0.25, -0.2) is 14.8 Å². The van der Waals surface area contributed by atoms with E-state index in [9.17, 15) is 4.79 Å². The van der Waals surface area contributed by atoms with Crippen LogP contribution in [0.4, 0.5) is 0 Å². The highest BCUT2D eigenvalue weighted by atomic mass is 35.5. The lowest BCUT2D eigenvalue weighted by molar-refractivity contribution is 0.0513. The average Bonchev–Trinajstić information content (AvgIpc) is 2.69. The lowest BCUT2D eigenvalue weighted by Crippen LogP contribution is -2.09. The van der Waals surface area contributed by atoms with Gasteiger partial charge < -0.3 is 4.74 Å². The second kappa shape index (κ2) is 4.93. The zero-order valence-electron chi connectivity index (χ0n) is 9.31. The molecule has 5 nitrogen and oxygen atoms in total. The molecular formula is C10H10ClN3O2S. The fourth-order valence-corrected chi connectivity index (χ4v) is 2.20. The lowest BCUT2D eigenvalue weighted by Gasteiger charge is -2.02. The Hall–Kier alpha value is -1.27. The highest BCUT2D eigenvalue weighted by Gasteiger charge is 2.21. The van der Waals surface area contributed by atoms with Crippen LogP contribution in [0.5, 0.6) is 0 Å². The van der Waals surface area contributed by atoms with Gasteiger partial charge in [0, 0.05) is 12.4 Å². The fraction of sp³-hybridized carbons (Fsp3) is 0.300. The average molecular weight is 272 g/mol. The van der Waals surface area contributed by atoms with Crippen LogP contribution < -0.4 is 0 Å². The molecule has 17 heavy (non-hydrogen) atoms. The third-order valence-electron chi connectivity index (χ3n) is 2.13. The smallest absolute Gasteiger partial charge is 0.358 e. The van der Waals surface area contributed by atoms with Crippen LogP contribution in [0.3, 0.4) is 0 Å². The van der Waals surface area contributed by atoms with Gasteiger partial charge in [-0.2, -0.15) is 0 Å². The van der Waals surface area contributed by atoms with Gasteiger partial charge >= 0.3 is 5.97 Å². The number of esters is 1. The Morgan fingerprint density at radius 1 is 1.65 bits per heavy atom. The molecule has 2 rings (SSSR count). The number of thioether (sulfide) groups is 1. The number of halogens is 1. The largest absolute Gasteiger partial charge is 0.461 e. The van der Waals surface area contributed by atoms with Gasteiger partial charge in [0.15, 0.2) is 16.5 Å². The second-order valence-corrected chi connectivity index (χ2v) is 4.25. The molecule has 0 atom stereocenters. The van der Waals surface area contributed by atoms with Crippen molar-refractivity contribution >= 4 is 35.0 Å². The van der Waals surface area contributed by atoms with Crippen molar-refractivity contribution < 1.29 is 9.53 Å². The van der Waals surface area contributed by atoms with Crippen molar-refractivity contribution in [3.05, 3.63) is 23.2 Å². The van der Waals surface area contributed by atoms with Gasteiger partial charge in [-0.3, -0.25) is 4.40 Å². The number of carbonyl (C=O) groups is 1. The Morgan fingerprint density at radius 2 is 2.41 bits per heavy atom. The number of hydrogen-bond donors (Lipinski definition) is 0. The first kappa shape index (κ1) is 12.2. The summed E-state index contributed by atoms with van der Waals surface area (Å²) in [6.45, 7) is 2.08. The van der Waals surface area contributed by atoms with Gasteiger partial charge in [-0.05, 0) is 13.2 Å². The van der Waals surface area contributed by atoms with E-state index in [0.717, 1.165) is 0 Å². The summed E-state index contributed by atoms with van der Waals surface area (Å²) in [5.41, 5.74) is 0.847. The van der Waals surface area contributed by atoms with Crippen molar-refractivity contribution in [2.24, 2.45) is 0 Å². The Labute approximate surface area is 107 Å². The maximum atomic E-state index is 11.9. The molecule has 0 aliphatic carbocycles. The number of nitrogens with zero attached hydrogens (tertiary/aromatic N) is 3. The molecule has 2 aromatic rings. The van der Waals surface area contributed by atoms with E-state index in [1.165, 1.54) is 18.0 Å². The van der Waals surface area contributed by atoms with Crippen LogP contribution >= 0.6 is 23.4 Å². The van der Waals surface area contributed by atoms with Gasteiger partial charge in [0.1, 0.15) is 5.03 Å². The summed E-state index contributed by atoms with van der Waals surface area (Å²) >= 11 is 7.29. The van der Waals surface area contributed by atoms with Crippen LogP contribution in [-0.4, -0.2) is 33.2 Å². The minimum Gasteiger partial charge on any atom is -0.461 e. The Bertz CT molecular complexity index is 570. The first-order chi connectivity index (χ1) is 8.19. The summed E-state index contributed by atoms with van der Waals surface area (Å²) in [5.74, 6) is -0.411.